The van der Waals surface area contributed by atoms with Crippen LogP contribution in [-0.2, 0) is 9.05 Å². The second-order valence-corrected chi connectivity index (χ2v) is 7.07. The SMILES string of the molecule is CC(C)CCCOc1c(F)cc(F)cc1S(=O)(=O)Cl. The summed E-state index contributed by atoms with van der Waals surface area (Å²) in [6.07, 6.45) is 1.49. The van der Waals surface area contributed by atoms with Gasteiger partial charge in [0.25, 0.3) is 9.05 Å². The standard InChI is InChI=1S/C12H15ClF2O3S/c1-8(2)4-3-5-18-12-10(15)6-9(14)7-11(12)19(13,16)17/h6-8H,3-5H2,1-2H3. The molecule has 0 aromatic heterocycles. The molecule has 0 spiro atoms. The van der Waals surface area contributed by atoms with Crippen molar-refractivity contribution in [3.63, 3.8) is 0 Å². The third-order valence-corrected chi connectivity index (χ3v) is 3.74. The smallest absolute Gasteiger partial charge is 0.265 e. The van der Waals surface area contributed by atoms with Crippen molar-refractivity contribution in [2.24, 2.45) is 5.92 Å². The number of rotatable bonds is 6. The van der Waals surface area contributed by atoms with E-state index in [2.05, 4.69) is 0 Å². The van der Waals surface area contributed by atoms with E-state index in [1.165, 1.54) is 0 Å². The van der Waals surface area contributed by atoms with Crippen molar-refractivity contribution in [3.8, 4) is 5.75 Å². The van der Waals surface area contributed by atoms with Gasteiger partial charge in [-0.3, -0.25) is 0 Å². The predicted octanol–water partition coefficient (Wildman–Crippen LogP) is 3.71. The number of benzene rings is 1. The highest BCUT2D eigenvalue weighted by Gasteiger charge is 2.22. The van der Waals surface area contributed by atoms with Crippen LogP contribution in [0.1, 0.15) is 26.7 Å². The average Bonchev–Trinajstić information content (AvgIpc) is 2.24. The Kier molecular flexibility index (Phi) is 5.55. The molecule has 3 nitrogen and oxygen atoms in total. The molecule has 0 amide bonds. The summed E-state index contributed by atoms with van der Waals surface area (Å²) in [5, 5.41) is 0. The molecule has 108 valence electrons. The van der Waals surface area contributed by atoms with Crippen LogP contribution in [0.4, 0.5) is 8.78 Å². The molecule has 0 aliphatic heterocycles. The summed E-state index contributed by atoms with van der Waals surface area (Å²) in [6, 6.07) is 1.20. The molecule has 0 unspecified atom stereocenters. The summed E-state index contributed by atoms with van der Waals surface area (Å²) in [5.41, 5.74) is 0. The van der Waals surface area contributed by atoms with Crippen LogP contribution in [0.3, 0.4) is 0 Å². The third kappa shape index (κ3) is 4.95. The molecule has 0 bridgehead atoms. The highest BCUT2D eigenvalue weighted by atomic mass is 35.7. The van der Waals surface area contributed by atoms with Gasteiger partial charge in [0, 0.05) is 16.7 Å². The van der Waals surface area contributed by atoms with Crippen LogP contribution in [0.5, 0.6) is 5.75 Å². The maximum atomic E-state index is 13.5. The van der Waals surface area contributed by atoms with Crippen LogP contribution in [0.15, 0.2) is 17.0 Å². The molecule has 1 aromatic carbocycles. The topological polar surface area (TPSA) is 43.4 Å². The van der Waals surface area contributed by atoms with E-state index in [9.17, 15) is 17.2 Å². The Balaban J connectivity index is 2.93. The fourth-order valence-electron chi connectivity index (χ4n) is 1.52. The Labute approximate surface area is 115 Å². The van der Waals surface area contributed by atoms with E-state index in [0.717, 1.165) is 6.42 Å². The maximum absolute atomic E-state index is 13.5. The number of halogens is 3. The van der Waals surface area contributed by atoms with Gasteiger partial charge < -0.3 is 4.74 Å². The summed E-state index contributed by atoms with van der Waals surface area (Å²) in [6.45, 7) is 4.18. The Bertz CT molecular complexity index is 544. The zero-order valence-electron chi connectivity index (χ0n) is 10.6. The van der Waals surface area contributed by atoms with Crippen molar-refractivity contribution in [2.75, 3.05) is 6.61 Å². The second kappa shape index (κ2) is 6.52. The summed E-state index contributed by atoms with van der Waals surface area (Å²) in [5.74, 6) is -2.17. The average molecular weight is 313 g/mol. The zero-order valence-corrected chi connectivity index (χ0v) is 12.2. The minimum atomic E-state index is -4.26. The summed E-state index contributed by atoms with van der Waals surface area (Å²) in [4.78, 5) is -0.684. The van der Waals surface area contributed by atoms with Gasteiger partial charge in [0.05, 0.1) is 6.61 Å². The van der Waals surface area contributed by atoms with E-state index in [1.54, 1.807) is 0 Å². The molecule has 1 rings (SSSR count). The number of hydrogen-bond donors (Lipinski definition) is 0. The van der Waals surface area contributed by atoms with Crippen molar-refractivity contribution < 1.29 is 21.9 Å². The highest BCUT2D eigenvalue weighted by Crippen LogP contribution is 2.31. The zero-order chi connectivity index (χ0) is 14.6. The quantitative estimate of drug-likeness (QED) is 0.594. The van der Waals surface area contributed by atoms with Crippen LogP contribution in [0, 0.1) is 17.6 Å². The normalized spacial score (nSPS) is 11.9. The highest BCUT2D eigenvalue weighted by molar-refractivity contribution is 8.13. The first-order valence-corrected chi connectivity index (χ1v) is 8.09. The van der Waals surface area contributed by atoms with E-state index < -0.39 is 31.3 Å². The van der Waals surface area contributed by atoms with Crippen LogP contribution in [0.25, 0.3) is 0 Å². The molecule has 1 aromatic rings. The van der Waals surface area contributed by atoms with Gasteiger partial charge in [-0.25, -0.2) is 17.2 Å². The van der Waals surface area contributed by atoms with E-state index in [0.29, 0.717) is 24.5 Å². The van der Waals surface area contributed by atoms with Crippen LogP contribution < -0.4 is 4.74 Å². The molecule has 7 heteroatoms. The largest absolute Gasteiger partial charge is 0.489 e. The molecule has 0 atom stereocenters. The molecule has 19 heavy (non-hydrogen) atoms. The lowest BCUT2D eigenvalue weighted by atomic mass is 10.1. The van der Waals surface area contributed by atoms with Gasteiger partial charge in [-0.15, -0.1) is 0 Å². The molecule has 0 aliphatic carbocycles. The van der Waals surface area contributed by atoms with E-state index >= 15 is 0 Å². The van der Waals surface area contributed by atoms with Gasteiger partial charge in [-0.05, 0) is 24.8 Å². The first-order valence-electron chi connectivity index (χ1n) is 5.78. The molecule has 0 fully saturated rings. The molecule has 0 saturated carbocycles. The molecule has 0 N–H and O–H groups in total. The Hall–Kier alpha value is -0.880. The van der Waals surface area contributed by atoms with Crippen LogP contribution in [0.2, 0.25) is 0 Å². The molecule has 0 radical (unpaired) electrons. The molecular weight excluding hydrogens is 298 g/mol. The van der Waals surface area contributed by atoms with Crippen LogP contribution >= 0.6 is 10.7 Å². The van der Waals surface area contributed by atoms with Gasteiger partial charge in [0.15, 0.2) is 11.6 Å². The lowest BCUT2D eigenvalue weighted by Crippen LogP contribution is -2.06. The van der Waals surface area contributed by atoms with Gasteiger partial charge >= 0.3 is 0 Å². The third-order valence-electron chi connectivity index (χ3n) is 2.41. The van der Waals surface area contributed by atoms with E-state index in [4.69, 9.17) is 15.4 Å². The molecular formula is C12H15ClF2O3S. The Morgan fingerprint density at radius 1 is 1.32 bits per heavy atom. The lowest BCUT2D eigenvalue weighted by molar-refractivity contribution is 0.276. The number of hydrogen-bond acceptors (Lipinski definition) is 3. The second-order valence-electron chi connectivity index (χ2n) is 4.54. The van der Waals surface area contributed by atoms with E-state index in [1.807, 2.05) is 13.8 Å². The van der Waals surface area contributed by atoms with Crippen molar-refractivity contribution in [2.45, 2.75) is 31.6 Å². The minimum Gasteiger partial charge on any atom is -0.489 e. The first kappa shape index (κ1) is 16.2. The molecule has 0 heterocycles. The number of ether oxygens (including phenoxy) is 1. The molecule has 0 aliphatic rings. The van der Waals surface area contributed by atoms with Gasteiger partial charge in [-0.1, -0.05) is 13.8 Å². The Morgan fingerprint density at radius 3 is 2.47 bits per heavy atom. The molecule has 0 saturated heterocycles. The fourth-order valence-corrected chi connectivity index (χ4v) is 2.50. The van der Waals surface area contributed by atoms with Crippen LogP contribution in [-0.4, -0.2) is 15.0 Å². The van der Waals surface area contributed by atoms with Gasteiger partial charge in [0.1, 0.15) is 10.7 Å². The van der Waals surface area contributed by atoms with E-state index in [-0.39, 0.29) is 6.61 Å². The monoisotopic (exact) mass is 312 g/mol. The maximum Gasteiger partial charge on any atom is 0.265 e. The first-order chi connectivity index (χ1) is 8.71. The predicted molar refractivity (Wildman–Crippen MR) is 69.0 cm³/mol. The fraction of sp³-hybridized carbons (Fsp3) is 0.500. The summed E-state index contributed by atoms with van der Waals surface area (Å²) < 4.78 is 54.1. The summed E-state index contributed by atoms with van der Waals surface area (Å²) in [7, 11) is 0.865. The summed E-state index contributed by atoms with van der Waals surface area (Å²) >= 11 is 0. The lowest BCUT2D eigenvalue weighted by Gasteiger charge is -2.11. The minimum absolute atomic E-state index is 0.139. The van der Waals surface area contributed by atoms with Crippen molar-refractivity contribution >= 4 is 19.7 Å². The van der Waals surface area contributed by atoms with Crippen molar-refractivity contribution in [3.05, 3.63) is 23.8 Å². The Morgan fingerprint density at radius 2 is 1.95 bits per heavy atom. The van der Waals surface area contributed by atoms with Gasteiger partial charge in [-0.2, -0.15) is 0 Å². The van der Waals surface area contributed by atoms with Crippen molar-refractivity contribution in [1.29, 1.82) is 0 Å². The van der Waals surface area contributed by atoms with Gasteiger partial charge in [0.2, 0.25) is 0 Å². The van der Waals surface area contributed by atoms with Crippen molar-refractivity contribution in [1.82, 2.24) is 0 Å².